The highest BCUT2D eigenvalue weighted by molar-refractivity contribution is 5.91. The van der Waals surface area contributed by atoms with Gasteiger partial charge in [-0.05, 0) is 0 Å². The largest absolute Gasteiger partial charge is 0.460 e. The summed E-state index contributed by atoms with van der Waals surface area (Å²) in [5.74, 6) is -1.69. The molecule has 1 aliphatic heterocycles. The fourth-order valence-electron chi connectivity index (χ4n) is 1.62. The molecule has 1 fully saturated rings. The Hall–Kier alpha value is -3.37. The van der Waals surface area contributed by atoms with Crippen LogP contribution < -0.4 is 16.6 Å². The van der Waals surface area contributed by atoms with Gasteiger partial charge in [-0.1, -0.05) is 0 Å². The summed E-state index contributed by atoms with van der Waals surface area (Å²) in [5, 5.41) is 2.41. The molecule has 128 valence electrons. The summed E-state index contributed by atoms with van der Waals surface area (Å²) in [4.78, 5) is 59.9. The van der Waals surface area contributed by atoms with Crippen molar-refractivity contribution in [3.8, 4) is 0 Å². The van der Waals surface area contributed by atoms with E-state index in [4.69, 9.17) is 9.47 Å². The second-order valence-electron chi connectivity index (χ2n) is 4.61. The monoisotopic (exact) mass is 339 g/mol. The van der Waals surface area contributed by atoms with E-state index in [0.29, 0.717) is 0 Å². The van der Waals surface area contributed by atoms with Crippen molar-refractivity contribution in [1.29, 1.82) is 0 Å². The number of carbonyl (C=O) groups is 3. The van der Waals surface area contributed by atoms with Crippen molar-refractivity contribution in [1.82, 2.24) is 15.3 Å². The Kier molecular flexibility index (Phi) is 5.49. The highest BCUT2D eigenvalue weighted by Crippen LogP contribution is 1.99. The van der Waals surface area contributed by atoms with E-state index < -0.39 is 35.3 Å². The predicted molar refractivity (Wildman–Crippen MR) is 75.9 cm³/mol. The molecule has 1 atom stereocenters. The predicted octanol–water partition coefficient (Wildman–Crippen LogP) is -1.69. The van der Waals surface area contributed by atoms with Crippen LogP contribution in [0.4, 0.5) is 4.79 Å². The first-order valence-corrected chi connectivity index (χ1v) is 6.70. The summed E-state index contributed by atoms with van der Waals surface area (Å²) >= 11 is 0. The van der Waals surface area contributed by atoms with Crippen molar-refractivity contribution in [2.75, 3.05) is 13.2 Å². The van der Waals surface area contributed by atoms with Gasteiger partial charge in [-0.2, -0.15) is 0 Å². The van der Waals surface area contributed by atoms with Crippen molar-refractivity contribution >= 4 is 18.0 Å². The lowest BCUT2D eigenvalue weighted by molar-refractivity contribution is -0.141. The van der Waals surface area contributed by atoms with Crippen molar-refractivity contribution in [3.63, 3.8) is 0 Å². The minimum absolute atomic E-state index is 0.0379. The number of ether oxygens (including phenoxy) is 3. The normalized spacial score (nSPS) is 16.5. The summed E-state index contributed by atoms with van der Waals surface area (Å²) < 4.78 is 14.1. The molecule has 1 unspecified atom stereocenters. The van der Waals surface area contributed by atoms with Gasteiger partial charge < -0.3 is 24.5 Å². The zero-order valence-electron chi connectivity index (χ0n) is 12.2. The topological polar surface area (TPSA) is 157 Å². The third kappa shape index (κ3) is 5.12. The zero-order chi connectivity index (χ0) is 17.5. The van der Waals surface area contributed by atoms with Crippen LogP contribution in [0.25, 0.3) is 0 Å². The minimum atomic E-state index is -0.880. The number of aromatic amines is 2. The molecular formula is C13H13N3O8. The average Bonchev–Trinajstić information content (AvgIpc) is 2.95. The van der Waals surface area contributed by atoms with Gasteiger partial charge in [0.05, 0.1) is 5.56 Å². The Bertz CT molecular complexity index is 778. The number of esters is 2. The van der Waals surface area contributed by atoms with E-state index in [2.05, 4.69) is 15.0 Å². The van der Waals surface area contributed by atoms with Gasteiger partial charge in [0.25, 0.3) is 5.56 Å². The summed E-state index contributed by atoms with van der Waals surface area (Å²) in [6.07, 6.45) is 2.19. The van der Waals surface area contributed by atoms with E-state index in [1.54, 1.807) is 0 Å². The number of hydrogen-bond donors (Lipinski definition) is 3. The molecule has 0 radical (unpaired) electrons. The fourth-order valence-corrected chi connectivity index (χ4v) is 1.62. The van der Waals surface area contributed by atoms with Crippen LogP contribution in [0.3, 0.4) is 0 Å². The molecule has 0 spiro atoms. The molecule has 2 rings (SSSR count). The van der Waals surface area contributed by atoms with E-state index in [0.717, 1.165) is 18.3 Å². The zero-order valence-corrected chi connectivity index (χ0v) is 12.2. The van der Waals surface area contributed by atoms with E-state index in [9.17, 15) is 24.0 Å². The maximum Gasteiger partial charge on any atom is 0.407 e. The van der Waals surface area contributed by atoms with Crippen molar-refractivity contribution in [2.45, 2.75) is 12.6 Å². The lowest BCUT2D eigenvalue weighted by Crippen LogP contribution is -2.31. The molecule has 0 aromatic carbocycles. The maximum absolute atomic E-state index is 11.4. The Balaban J connectivity index is 1.73. The number of amides is 1. The number of aromatic nitrogens is 2. The van der Waals surface area contributed by atoms with Crippen molar-refractivity contribution in [3.05, 3.63) is 44.8 Å². The van der Waals surface area contributed by atoms with Crippen LogP contribution in [0.1, 0.15) is 5.56 Å². The second kappa shape index (κ2) is 7.76. The van der Waals surface area contributed by atoms with Crippen LogP contribution in [0.15, 0.2) is 27.9 Å². The SMILES string of the molecule is O=C(/C=C/C(=O)OCC1COC(=O)N1)OCc1c[nH]c(=O)[nH]c1=O. The molecule has 11 heteroatoms. The van der Waals surface area contributed by atoms with Gasteiger partial charge >= 0.3 is 23.7 Å². The average molecular weight is 339 g/mol. The number of carbonyl (C=O) groups excluding carboxylic acids is 3. The second-order valence-corrected chi connectivity index (χ2v) is 4.61. The standard InChI is InChI=1S/C13H13N3O8/c17-9(22-4-7-3-14-12(20)16-11(7)19)1-2-10(18)23-5-8-6-24-13(21)15-8/h1-3,8H,4-6H2,(H,15,21)(H2,14,16,19,20)/b2-1+. The maximum atomic E-state index is 11.4. The molecule has 0 aliphatic carbocycles. The minimum Gasteiger partial charge on any atom is -0.460 e. The molecule has 1 amide bonds. The first-order chi connectivity index (χ1) is 11.4. The molecule has 3 N–H and O–H groups in total. The molecule has 24 heavy (non-hydrogen) atoms. The van der Waals surface area contributed by atoms with Gasteiger partial charge in [-0.15, -0.1) is 0 Å². The molecule has 2 heterocycles. The van der Waals surface area contributed by atoms with Gasteiger partial charge in [0, 0.05) is 18.3 Å². The van der Waals surface area contributed by atoms with Gasteiger partial charge in [0.1, 0.15) is 25.9 Å². The molecule has 11 nitrogen and oxygen atoms in total. The van der Waals surface area contributed by atoms with Crippen LogP contribution >= 0.6 is 0 Å². The molecular weight excluding hydrogens is 326 g/mol. The van der Waals surface area contributed by atoms with E-state index in [1.165, 1.54) is 0 Å². The highest BCUT2D eigenvalue weighted by atomic mass is 16.6. The third-order valence-electron chi connectivity index (χ3n) is 2.79. The lowest BCUT2D eigenvalue weighted by atomic mass is 10.3. The van der Waals surface area contributed by atoms with Crippen LogP contribution in [-0.4, -0.2) is 47.3 Å². The fraction of sp³-hybridized carbons (Fsp3) is 0.308. The van der Waals surface area contributed by atoms with Crippen LogP contribution in [0.2, 0.25) is 0 Å². The summed E-state index contributed by atoms with van der Waals surface area (Å²) in [6, 6.07) is -0.436. The van der Waals surface area contributed by atoms with E-state index in [1.807, 2.05) is 4.98 Å². The number of rotatable bonds is 6. The third-order valence-corrected chi connectivity index (χ3v) is 2.79. The van der Waals surface area contributed by atoms with Crippen LogP contribution in [0.5, 0.6) is 0 Å². The van der Waals surface area contributed by atoms with Crippen LogP contribution in [-0.2, 0) is 30.4 Å². The summed E-state index contributed by atoms with van der Waals surface area (Å²) in [7, 11) is 0. The molecule has 1 aliphatic rings. The van der Waals surface area contributed by atoms with Gasteiger partial charge in [0.2, 0.25) is 0 Å². The number of cyclic esters (lactones) is 1. The highest BCUT2D eigenvalue weighted by Gasteiger charge is 2.23. The number of H-pyrrole nitrogens is 2. The lowest BCUT2D eigenvalue weighted by Gasteiger charge is -2.06. The van der Waals surface area contributed by atoms with Gasteiger partial charge in [0.15, 0.2) is 0 Å². The number of nitrogens with one attached hydrogen (secondary N) is 3. The van der Waals surface area contributed by atoms with Crippen molar-refractivity contribution < 1.29 is 28.6 Å². The first kappa shape index (κ1) is 17.0. The summed E-state index contributed by atoms with van der Waals surface area (Å²) in [6.45, 7) is -0.391. The molecule has 1 aromatic rings. The van der Waals surface area contributed by atoms with E-state index in [-0.39, 0.29) is 25.4 Å². The van der Waals surface area contributed by atoms with Crippen LogP contribution in [0, 0.1) is 0 Å². The molecule has 1 saturated heterocycles. The quantitative estimate of drug-likeness (QED) is 0.315. The van der Waals surface area contributed by atoms with E-state index >= 15 is 0 Å². The Morgan fingerprint density at radius 3 is 2.54 bits per heavy atom. The Morgan fingerprint density at radius 2 is 1.92 bits per heavy atom. The molecule has 0 saturated carbocycles. The Morgan fingerprint density at radius 1 is 1.21 bits per heavy atom. The van der Waals surface area contributed by atoms with Gasteiger partial charge in [-0.3, -0.25) is 9.78 Å². The van der Waals surface area contributed by atoms with Crippen molar-refractivity contribution in [2.24, 2.45) is 0 Å². The number of alkyl carbamates (subject to hydrolysis) is 1. The first-order valence-electron chi connectivity index (χ1n) is 6.70. The smallest absolute Gasteiger partial charge is 0.407 e. The summed E-state index contributed by atoms with van der Waals surface area (Å²) in [5.41, 5.74) is -1.33. The molecule has 0 bridgehead atoms. The van der Waals surface area contributed by atoms with Gasteiger partial charge in [-0.25, -0.2) is 19.2 Å². The number of hydrogen-bond acceptors (Lipinski definition) is 8. The molecule has 1 aromatic heterocycles. The Labute approximate surface area is 133 Å².